The molecule has 0 fully saturated rings. The maximum Gasteiger partial charge on any atom is 0.212 e. The highest BCUT2D eigenvalue weighted by atomic mass is 79.9. The van der Waals surface area contributed by atoms with Gasteiger partial charge in [-0.2, -0.15) is 9.78 Å². The number of halogens is 1. The summed E-state index contributed by atoms with van der Waals surface area (Å²) in [6, 6.07) is 14.3. The second kappa shape index (κ2) is 8.31. The molecule has 0 amide bonds. The highest BCUT2D eigenvalue weighted by Crippen LogP contribution is 2.25. The summed E-state index contributed by atoms with van der Waals surface area (Å²) in [6.45, 7) is 2.08. The predicted octanol–water partition coefficient (Wildman–Crippen LogP) is 4.53. The minimum Gasteiger partial charge on any atom is -0.496 e. The monoisotopic (exact) mass is 416 g/mol. The Morgan fingerprint density at radius 2 is 2.04 bits per heavy atom. The number of nitrogens with zero attached hydrogens (tertiary/aromatic N) is 4. The zero-order valence-corrected chi connectivity index (χ0v) is 16.3. The van der Waals surface area contributed by atoms with Crippen molar-refractivity contribution in [1.82, 2.24) is 14.9 Å². The van der Waals surface area contributed by atoms with E-state index in [-0.39, 0.29) is 0 Å². The van der Waals surface area contributed by atoms with Crippen LogP contribution in [0, 0.1) is 6.92 Å². The van der Waals surface area contributed by atoms with E-state index in [1.165, 1.54) is 11.1 Å². The molecule has 0 atom stereocenters. The molecule has 0 N–H and O–H groups in total. The molecule has 0 aliphatic rings. The van der Waals surface area contributed by atoms with Crippen LogP contribution in [0.2, 0.25) is 0 Å². The smallest absolute Gasteiger partial charge is 0.212 e. The van der Waals surface area contributed by atoms with Gasteiger partial charge in [0, 0.05) is 5.75 Å². The average molecular weight is 417 g/mol. The van der Waals surface area contributed by atoms with Gasteiger partial charge in [0.25, 0.3) is 0 Å². The molecule has 0 radical (unpaired) electrons. The van der Waals surface area contributed by atoms with Crippen LogP contribution in [-0.2, 0) is 5.75 Å². The van der Waals surface area contributed by atoms with Gasteiger partial charge in [-0.3, -0.25) is 0 Å². The summed E-state index contributed by atoms with van der Waals surface area (Å²) in [5.41, 5.74) is 3.45. The fraction of sp³-hybridized carbons (Fsp3) is 0.167. The quantitative estimate of drug-likeness (QED) is 0.437. The van der Waals surface area contributed by atoms with E-state index in [1.54, 1.807) is 36.1 Å². The average Bonchev–Trinajstić information content (AvgIpc) is 3.07. The van der Waals surface area contributed by atoms with E-state index in [1.807, 2.05) is 18.2 Å². The van der Waals surface area contributed by atoms with Crippen LogP contribution in [0.1, 0.15) is 16.7 Å². The molecule has 7 heteroatoms. The first-order valence-electron chi connectivity index (χ1n) is 7.62. The Morgan fingerprint density at radius 1 is 1.24 bits per heavy atom. The molecular formula is C18H17BrN4OS. The fourth-order valence-electron chi connectivity index (χ4n) is 2.12. The van der Waals surface area contributed by atoms with Crippen molar-refractivity contribution in [3.8, 4) is 5.75 Å². The third-order valence-corrected chi connectivity index (χ3v) is 5.12. The summed E-state index contributed by atoms with van der Waals surface area (Å²) >= 11 is 5.08. The predicted molar refractivity (Wildman–Crippen MR) is 104 cm³/mol. The number of aryl methyl sites for hydroxylation is 1. The normalized spacial score (nSPS) is 11.2. The Balaban J connectivity index is 1.68. The third-order valence-electron chi connectivity index (χ3n) is 3.50. The van der Waals surface area contributed by atoms with Crippen molar-refractivity contribution in [3.05, 3.63) is 70.0 Å². The van der Waals surface area contributed by atoms with Crippen LogP contribution in [0.25, 0.3) is 0 Å². The molecule has 1 aromatic heterocycles. The number of methoxy groups -OCH3 is 1. The standard InChI is InChI=1S/C18H17BrN4OS/c1-13-3-5-14(6-4-13)11-25-18-22-20-12-23(18)21-10-15-7-8-17(24-2)16(19)9-15/h3-10,12H,11H2,1-2H3. The lowest BCUT2D eigenvalue weighted by Gasteiger charge is -2.04. The Bertz CT molecular complexity index is 877. The summed E-state index contributed by atoms with van der Waals surface area (Å²) in [5.74, 6) is 1.61. The van der Waals surface area contributed by atoms with E-state index in [2.05, 4.69) is 62.4 Å². The van der Waals surface area contributed by atoms with Crippen molar-refractivity contribution >= 4 is 33.9 Å². The van der Waals surface area contributed by atoms with Crippen LogP contribution >= 0.6 is 27.7 Å². The zero-order valence-electron chi connectivity index (χ0n) is 13.9. The summed E-state index contributed by atoms with van der Waals surface area (Å²) in [7, 11) is 1.64. The number of aromatic nitrogens is 3. The van der Waals surface area contributed by atoms with Crippen molar-refractivity contribution < 1.29 is 4.74 Å². The van der Waals surface area contributed by atoms with Gasteiger partial charge in [-0.15, -0.1) is 10.2 Å². The lowest BCUT2D eigenvalue weighted by Crippen LogP contribution is -1.93. The van der Waals surface area contributed by atoms with Crippen molar-refractivity contribution in [1.29, 1.82) is 0 Å². The highest BCUT2D eigenvalue weighted by Gasteiger charge is 2.05. The molecule has 0 aliphatic carbocycles. The zero-order chi connectivity index (χ0) is 17.6. The molecule has 0 saturated heterocycles. The topological polar surface area (TPSA) is 52.3 Å². The molecule has 0 saturated carbocycles. The summed E-state index contributed by atoms with van der Waals surface area (Å²) in [5, 5.41) is 13.3. The van der Waals surface area contributed by atoms with Crippen LogP contribution < -0.4 is 4.74 Å². The second-order valence-electron chi connectivity index (χ2n) is 5.37. The van der Waals surface area contributed by atoms with E-state index >= 15 is 0 Å². The Morgan fingerprint density at radius 3 is 2.76 bits per heavy atom. The summed E-state index contributed by atoms with van der Waals surface area (Å²) in [6.07, 6.45) is 3.37. The van der Waals surface area contributed by atoms with E-state index in [0.29, 0.717) is 0 Å². The molecule has 0 unspecified atom stereocenters. The number of thioether (sulfide) groups is 1. The first-order valence-corrected chi connectivity index (χ1v) is 9.40. The molecule has 25 heavy (non-hydrogen) atoms. The lowest BCUT2D eigenvalue weighted by molar-refractivity contribution is 0.412. The minimum absolute atomic E-state index is 0.754. The molecule has 0 spiro atoms. The third kappa shape index (κ3) is 4.70. The molecule has 0 bridgehead atoms. The largest absolute Gasteiger partial charge is 0.496 e. The number of ether oxygens (including phenoxy) is 1. The van der Waals surface area contributed by atoms with Gasteiger partial charge in [-0.25, -0.2) is 0 Å². The van der Waals surface area contributed by atoms with Gasteiger partial charge in [0.1, 0.15) is 12.1 Å². The maximum atomic E-state index is 5.23. The van der Waals surface area contributed by atoms with Gasteiger partial charge in [0.05, 0.1) is 17.8 Å². The van der Waals surface area contributed by atoms with Crippen molar-refractivity contribution in [2.75, 3.05) is 7.11 Å². The van der Waals surface area contributed by atoms with Gasteiger partial charge < -0.3 is 4.74 Å². The van der Waals surface area contributed by atoms with Gasteiger partial charge in [0.15, 0.2) is 0 Å². The first kappa shape index (κ1) is 17.7. The van der Waals surface area contributed by atoms with Crippen LogP contribution in [-0.4, -0.2) is 28.2 Å². The van der Waals surface area contributed by atoms with Crippen molar-refractivity contribution in [2.24, 2.45) is 5.10 Å². The van der Waals surface area contributed by atoms with Crippen LogP contribution in [0.3, 0.4) is 0 Å². The molecule has 2 aromatic carbocycles. The second-order valence-corrected chi connectivity index (χ2v) is 7.17. The van der Waals surface area contributed by atoms with E-state index < -0.39 is 0 Å². The molecule has 3 rings (SSSR count). The number of hydrogen-bond donors (Lipinski definition) is 0. The van der Waals surface area contributed by atoms with Crippen LogP contribution in [0.4, 0.5) is 0 Å². The van der Waals surface area contributed by atoms with Gasteiger partial charge in [0.2, 0.25) is 5.16 Å². The Kier molecular flexibility index (Phi) is 5.88. The van der Waals surface area contributed by atoms with E-state index in [9.17, 15) is 0 Å². The van der Waals surface area contributed by atoms with Crippen molar-refractivity contribution in [3.63, 3.8) is 0 Å². The lowest BCUT2D eigenvalue weighted by atomic mass is 10.2. The van der Waals surface area contributed by atoms with Crippen LogP contribution in [0.5, 0.6) is 5.75 Å². The first-order chi connectivity index (χ1) is 12.2. The number of rotatable bonds is 6. The van der Waals surface area contributed by atoms with E-state index in [4.69, 9.17) is 4.74 Å². The number of benzene rings is 2. The molecular weight excluding hydrogens is 400 g/mol. The van der Waals surface area contributed by atoms with Gasteiger partial charge in [-0.05, 0) is 52.2 Å². The van der Waals surface area contributed by atoms with Gasteiger partial charge in [-0.1, -0.05) is 41.6 Å². The highest BCUT2D eigenvalue weighted by molar-refractivity contribution is 9.10. The van der Waals surface area contributed by atoms with Gasteiger partial charge >= 0.3 is 0 Å². The summed E-state index contributed by atoms with van der Waals surface area (Å²) in [4.78, 5) is 0. The Hall–Kier alpha value is -2.12. The van der Waals surface area contributed by atoms with E-state index in [0.717, 1.165) is 26.7 Å². The maximum absolute atomic E-state index is 5.23. The summed E-state index contributed by atoms with van der Waals surface area (Å²) < 4.78 is 7.79. The number of hydrogen-bond acceptors (Lipinski definition) is 5. The molecule has 0 aliphatic heterocycles. The molecule has 1 heterocycles. The Labute approximate surface area is 159 Å². The SMILES string of the molecule is COc1ccc(C=Nn2cnnc2SCc2ccc(C)cc2)cc1Br. The fourth-order valence-corrected chi connectivity index (χ4v) is 3.50. The molecule has 5 nitrogen and oxygen atoms in total. The minimum atomic E-state index is 0.754. The molecule has 128 valence electrons. The van der Waals surface area contributed by atoms with Crippen LogP contribution in [0.15, 0.2) is 63.5 Å². The molecule has 3 aromatic rings. The van der Waals surface area contributed by atoms with Crippen molar-refractivity contribution in [2.45, 2.75) is 17.8 Å².